The third-order valence-corrected chi connectivity index (χ3v) is 5.04. The minimum atomic E-state index is -5.36. The smallest absolute Gasteiger partial charge is 0.430 e. The summed E-state index contributed by atoms with van der Waals surface area (Å²) < 4.78 is 46.0. The second-order valence-electron chi connectivity index (χ2n) is 7.88. The summed E-state index contributed by atoms with van der Waals surface area (Å²) in [6.45, 7) is 5.18. The number of allylic oxidation sites excluding steroid dienone is 1. The van der Waals surface area contributed by atoms with Crippen LogP contribution in [0, 0.1) is 5.41 Å². The van der Waals surface area contributed by atoms with Crippen LogP contribution in [0.5, 0.6) is 0 Å². The summed E-state index contributed by atoms with van der Waals surface area (Å²) in [6, 6.07) is 5.18. The first-order chi connectivity index (χ1) is 13.3. The molecule has 1 aliphatic carbocycles. The number of anilines is 1. The summed E-state index contributed by atoms with van der Waals surface area (Å²) >= 11 is 0. The molecule has 6 nitrogen and oxygen atoms in total. The number of nitrogens with zero attached hydrogens (tertiary/aromatic N) is 1. The molecule has 1 aliphatic heterocycles. The highest BCUT2D eigenvalue weighted by Gasteiger charge is 2.70. The lowest BCUT2D eigenvalue weighted by Gasteiger charge is -2.33. The fourth-order valence-electron chi connectivity index (χ4n) is 3.78. The van der Waals surface area contributed by atoms with E-state index < -0.39 is 40.4 Å². The van der Waals surface area contributed by atoms with Crippen molar-refractivity contribution in [2.75, 3.05) is 11.5 Å². The van der Waals surface area contributed by atoms with Gasteiger partial charge in [0.1, 0.15) is 0 Å². The maximum atomic E-state index is 13.7. The predicted molar refractivity (Wildman–Crippen MR) is 95.9 cm³/mol. The average Bonchev–Trinajstić information content (AvgIpc) is 2.82. The molecule has 0 unspecified atom stereocenters. The predicted octanol–water partition coefficient (Wildman–Crippen LogP) is 3.15. The third kappa shape index (κ3) is 3.23. The Balaban J connectivity index is 2.13. The Labute approximate surface area is 164 Å². The molecule has 3 rings (SSSR count). The maximum Gasteiger partial charge on any atom is 0.430 e. The van der Waals surface area contributed by atoms with Gasteiger partial charge in [-0.1, -0.05) is 13.8 Å². The SMILES string of the molecule is CCOC(=O)c1ccc(N2C(=O)[C@@](O)(C(F)(F)F)C3=C2CC(C)(C)CC3=O)cc1. The van der Waals surface area contributed by atoms with E-state index in [-0.39, 0.29) is 36.4 Å². The number of benzene rings is 1. The highest BCUT2D eigenvalue weighted by Crippen LogP contribution is 2.52. The lowest BCUT2D eigenvalue weighted by atomic mass is 9.73. The minimum absolute atomic E-state index is 0.00215. The molecule has 0 aromatic heterocycles. The molecule has 0 spiro atoms. The first-order valence-corrected chi connectivity index (χ1v) is 9.01. The standard InChI is InChI=1S/C20H20F3NO5/c1-4-29-16(26)11-5-7-12(8-6-11)24-13-9-18(2,3)10-14(25)15(13)19(28,17(24)27)20(21,22)23/h5-8,28H,4,9-10H2,1-3H3/t19-/m1/s1. The van der Waals surface area contributed by atoms with Gasteiger partial charge in [-0.15, -0.1) is 0 Å². The van der Waals surface area contributed by atoms with E-state index in [9.17, 15) is 32.7 Å². The van der Waals surface area contributed by atoms with Gasteiger partial charge in [-0.25, -0.2) is 4.79 Å². The van der Waals surface area contributed by atoms with Gasteiger partial charge in [0.25, 0.3) is 11.5 Å². The highest BCUT2D eigenvalue weighted by molar-refractivity contribution is 6.18. The van der Waals surface area contributed by atoms with Crippen molar-refractivity contribution >= 4 is 23.3 Å². The van der Waals surface area contributed by atoms with Gasteiger partial charge < -0.3 is 9.84 Å². The fourth-order valence-corrected chi connectivity index (χ4v) is 3.78. The molecule has 1 amide bonds. The van der Waals surface area contributed by atoms with E-state index >= 15 is 0 Å². The van der Waals surface area contributed by atoms with E-state index in [4.69, 9.17) is 4.74 Å². The molecule has 1 atom stereocenters. The number of hydrogen-bond acceptors (Lipinski definition) is 5. The number of ether oxygens (including phenoxy) is 1. The van der Waals surface area contributed by atoms with E-state index in [0.717, 1.165) is 4.90 Å². The van der Waals surface area contributed by atoms with Crippen molar-refractivity contribution in [2.24, 2.45) is 5.41 Å². The van der Waals surface area contributed by atoms with Gasteiger partial charge in [0.2, 0.25) is 0 Å². The quantitative estimate of drug-likeness (QED) is 0.773. The van der Waals surface area contributed by atoms with Gasteiger partial charge in [0.05, 0.1) is 17.7 Å². The van der Waals surface area contributed by atoms with Crippen molar-refractivity contribution in [3.63, 3.8) is 0 Å². The number of amides is 1. The van der Waals surface area contributed by atoms with Crippen LogP contribution in [0.15, 0.2) is 35.5 Å². The maximum absolute atomic E-state index is 13.7. The average molecular weight is 411 g/mol. The third-order valence-electron chi connectivity index (χ3n) is 5.04. The number of ketones is 1. The van der Waals surface area contributed by atoms with Crippen LogP contribution < -0.4 is 4.90 Å². The molecule has 2 aliphatic rings. The van der Waals surface area contributed by atoms with E-state index in [1.54, 1.807) is 20.8 Å². The van der Waals surface area contributed by atoms with Crippen LogP contribution in [0.25, 0.3) is 0 Å². The number of hydrogen-bond donors (Lipinski definition) is 1. The molecule has 0 bridgehead atoms. The normalized spacial score (nSPS) is 24.0. The van der Waals surface area contributed by atoms with E-state index in [2.05, 4.69) is 0 Å². The largest absolute Gasteiger partial charge is 0.462 e. The van der Waals surface area contributed by atoms with Gasteiger partial charge in [-0.2, -0.15) is 13.2 Å². The summed E-state index contributed by atoms with van der Waals surface area (Å²) in [4.78, 5) is 37.8. The van der Waals surface area contributed by atoms with Crippen LogP contribution in [-0.4, -0.2) is 41.2 Å². The Morgan fingerprint density at radius 1 is 1.17 bits per heavy atom. The Kier molecular flexibility index (Phi) is 4.85. The van der Waals surface area contributed by atoms with E-state index in [1.165, 1.54) is 24.3 Å². The van der Waals surface area contributed by atoms with Crippen LogP contribution in [-0.2, 0) is 14.3 Å². The summed E-state index contributed by atoms with van der Waals surface area (Å²) in [7, 11) is 0. The molecule has 29 heavy (non-hydrogen) atoms. The molecular weight excluding hydrogens is 391 g/mol. The number of esters is 1. The van der Waals surface area contributed by atoms with Crippen molar-refractivity contribution in [1.29, 1.82) is 0 Å². The van der Waals surface area contributed by atoms with Crippen molar-refractivity contribution in [1.82, 2.24) is 0 Å². The zero-order chi connectivity index (χ0) is 21.8. The molecule has 1 N–H and O–H groups in total. The number of rotatable bonds is 3. The Morgan fingerprint density at radius 3 is 2.28 bits per heavy atom. The molecule has 0 saturated heterocycles. The lowest BCUT2D eigenvalue weighted by Crippen LogP contribution is -2.55. The summed E-state index contributed by atoms with van der Waals surface area (Å²) in [5.41, 5.74) is -5.49. The number of halogens is 3. The zero-order valence-electron chi connectivity index (χ0n) is 16.1. The molecule has 0 saturated carbocycles. The zero-order valence-corrected chi connectivity index (χ0v) is 16.1. The van der Waals surface area contributed by atoms with Crippen molar-refractivity contribution < 1.29 is 37.4 Å². The molecule has 0 radical (unpaired) electrons. The molecular formula is C20H20F3NO5. The molecule has 1 heterocycles. The second kappa shape index (κ2) is 6.69. The number of aliphatic hydroxyl groups is 1. The van der Waals surface area contributed by atoms with Gasteiger partial charge in [-0.3, -0.25) is 14.5 Å². The van der Waals surface area contributed by atoms with Crippen LogP contribution in [0.4, 0.5) is 18.9 Å². The number of Topliss-reactive ketones (excluding diaryl/α,β-unsaturated/α-hetero) is 1. The molecule has 1 aromatic rings. The van der Waals surface area contributed by atoms with Gasteiger partial charge in [0.15, 0.2) is 5.78 Å². The Hall–Kier alpha value is -2.68. The highest BCUT2D eigenvalue weighted by atomic mass is 19.4. The van der Waals surface area contributed by atoms with Crippen LogP contribution >= 0.6 is 0 Å². The van der Waals surface area contributed by atoms with Gasteiger partial charge >= 0.3 is 12.1 Å². The van der Waals surface area contributed by atoms with Crippen LogP contribution in [0.2, 0.25) is 0 Å². The van der Waals surface area contributed by atoms with Gasteiger partial charge in [-0.05, 0) is 43.0 Å². The topological polar surface area (TPSA) is 83.9 Å². The fraction of sp³-hybridized carbons (Fsp3) is 0.450. The first kappa shape index (κ1) is 21.0. The summed E-state index contributed by atoms with van der Waals surface area (Å²) in [5, 5.41) is 10.4. The number of carbonyl (C=O) groups excluding carboxylic acids is 3. The molecule has 0 fully saturated rings. The van der Waals surface area contributed by atoms with Crippen molar-refractivity contribution in [3.05, 3.63) is 41.1 Å². The summed E-state index contributed by atoms with van der Waals surface area (Å²) in [6.07, 6.45) is -5.58. The molecule has 1 aromatic carbocycles. The second-order valence-corrected chi connectivity index (χ2v) is 7.88. The first-order valence-electron chi connectivity index (χ1n) is 9.01. The van der Waals surface area contributed by atoms with Gasteiger partial charge in [0, 0.05) is 17.8 Å². The Bertz CT molecular complexity index is 917. The van der Waals surface area contributed by atoms with Crippen LogP contribution in [0.1, 0.15) is 44.0 Å². The number of carbonyl (C=O) groups is 3. The van der Waals surface area contributed by atoms with Crippen molar-refractivity contribution in [2.45, 2.75) is 45.4 Å². The minimum Gasteiger partial charge on any atom is -0.462 e. The van der Waals surface area contributed by atoms with E-state index in [0.29, 0.717) is 0 Å². The lowest BCUT2D eigenvalue weighted by molar-refractivity contribution is -0.235. The van der Waals surface area contributed by atoms with Crippen molar-refractivity contribution in [3.8, 4) is 0 Å². The Morgan fingerprint density at radius 2 is 1.76 bits per heavy atom. The van der Waals surface area contributed by atoms with Crippen LogP contribution in [0.3, 0.4) is 0 Å². The number of alkyl halides is 3. The monoisotopic (exact) mass is 411 g/mol. The molecule has 156 valence electrons. The summed E-state index contributed by atoms with van der Waals surface area (Å²) in [5.74, 6) is -3.17. The molecule has 9 heteroatoms. The van der Waals surface area contributed by atoms with E-state index in [1.807, 2.05) is 0 Å².